The normalized spacial score (nSPS) is 12.2. The van der Waals surface area contributed by atoms with E-state index in [4.69, 9.17) is 10.5 Å². The van der Waals surface area contributed by atoms with Crippen molar-refractivity contribution >= 4 is 21.7 Å². The number of amides is 1. The SMILES string of the molecule is CC(C)(N)[C@H](CNC(=O)c1ccc(C#Cc2ccc(OCCS(C)(=O)=O)cc2)cc1)C(=O)O. The highest BCUT2D eigenvalue weighted by Gasteiger charge is 2.32. The van der Waals surface area contributed by atoms with Crippen molar-refractivity contribution in [3.63, 3.8) is 0 Å². The minimum absolute atomic E-state index is 0.0479. The summed E-state index contributed by atoms with van der Waals surface area (Å²) in [5, 5.41) is 11.9. The lowest BCUT2D eigenvalue weighted by atomic mass is 9.88. The summed E-state index contributed by atoms with van der Waals surface area (Å²) in [5.41, 5.74) is 6.73. The fourth-order valence-corrected chi connectivity index (χ4v) is 3.15. The van der Waals surface area contributed by atoms with Crippen LogP contribution in [0, 0.1) is 17.8 Å². The number of sulfone groups is 1. The molecule has 0 fully saturated rings. The molecule has 0 unspecified atom stereocenters. The molecule has 176 valence electrons. The predicted octanol–water partition coefficient (Wildman–Crippen LogP) is 1.68. The monoisotopic (exact) mass is 472 g/mol. The van der Waals surface area contributed by atoms with Gasteiger partial charge < -0.3 is 20.9 Å². The largest absolute Gasteiger partial charge is 0.493 e. The van der Waals surface area contributed by atoms with Crippen LogP contribution in [-0.2, 0) is 14.6 Å². The molecule has 33 heavy (non-hydrogen) atoms. The van der Waals surface area contributed by atoms with Crippen molar-refractivity contribution in [2.24, 2.45) is 11.7 Å². The molecule has 0 spiro atoms. The molecule has 0 aliphatic heterocycles. The van der Waals surface area contributed by atoms with Gasteiger partial charge in [0.05, 0.1) is 11.7 Å². The van der Waals surface area contributed by atoms with E-state index >= 15 is 0 Å². The van der Waals surface area contributed by atoms with E-state index in [2.05, 4.69) is 17.2 Å². The molecule has 1 amide bonds. The number of benzene rings is 2. The van der Waals surface area contributed by atoms with Gasteiger partial charge >= 0.3 is 5.97 Å². The molecule has 0 saturated carbocycles. The van der Waals surface area contributed by atoms with Crippen LogP contribution in [-0.4, -0.2) is 56.1 Å². The molecule has 2 aromatic rings. The van der Waals surface area contributed by atoms with Gasteiger partial charge in [0.2, 0.25) is 0 Å². The van der Waals surface area contributed by atoms with Gasteiger partial charge in [-0.05, 0) is 62.4 Å². The van der Waals surface area contributed by atoms with E-state index in [1.165, 1.54) is 0 Å². The highest BCUT2D eigenvalue weighted by molar-refractivity contribution is 7.90. The van der Waals surface area contributed by atoms with Crippen LogP contribution in [0.15, 0.2) is 48.5 Å². The number of rotatable bonds is 9. The number of nitrogens with two attached hydrogens (primary N) is 1. The lowest BCUT2D eigenvalue weighted by Gasteiger charge is -2.27. The second-order valence-corrected chi connectivity index (χ2v) is 10.5. The smallest absolute Gasteiger partial charge is 0.310 e. The average Bonchev–Trinajstić information content (AvgIpc) is 2.71. The number of hydrogen-bond acceptors (Lipinski definition) is 6. The molecular weight excluding hydrogens is 444 g/mol. The first-order valence-corrected chi connectivity index (χ1v) is 12.2. The molecule has 0 bridgehead atoms. The Balaban J connectivity index is 1.94. The Labute approximate surface area is 194 Å². The van der Waals surface area contributed by atoms with E-state index in [-0.39, 0.29) is 18.9 Å². The van der Waals surface area contributed by atoms with Crippen LogP contribution in [0.25, 0.3) is 0 Å². The molecule has 9 heteroatoms. The fraction of sp³-hybridized carbons (Fsp3) is 0.333. The van der Waals surface area contributed by atoms with Gasteiger partial charge in [-0.25, -0.2) is 8.42 Å². The number of hydrogen-bond donors (Lipinski definition) is 3. The Morgan fingerprint density at radius 3 is 2.03 bits per heavy atom. The van der Waals surface area contributed by atoms with Crippen molar-refractivity contribution in [3.8, 4) is 17.6 Å². The van der Waals surface area contributed by atoms with Crippen LogP contribution in [0.2, 0.25) is 0 Å². The van der Waals surface area contributed by atoms with Crippen LogP contribution in [0.4, 0.5) is 0 Å². The van der Waals surface area contributed by atoms with E-state index in [0.717, 1.165) is 11.8 Å². The van der Waals surface area contributed by atoms with Crippen molar-refractivity contribution in [2.75, 3.05) is 25.2 Å². The quantitative estimate of drug-likeness (QED) is 0.472. The number of carbonyl (C=O) groups is 2. The molecule has 4 N–H and O–H groups in total. The molecular formula is C24H28N2O6S. The molecule has 0 heterocycles. The second-order valence-electron chi connectivity index (χ2n) is 8.25. The Morgan fingerprint density at radius 2 is 1.58 bits per heavy atom. The first-order valence-electron chi connectivity index (χ1n) is 10.2. The van der Waals surface area contributed by atoms with E-state index in [1.54, 1.807) is 62.4 Å². The van der Waals surface area contributed by atoms with Crippen molar-refractivity contribution in [1.82, 2.24) is 5.32 Å². The number of carboxylic acids is 1. The van der Waals surface area contributed by atoms with Crippen LogP contribution in [0.1, 0.15) is 35.3 Å². The maximum absolute atomic E-state index is 12.3. The van der Waals surface area contributed by atoms with Crippen LogP contribution in [0.3, 0.4) is 0 Å². The van der Waals surface area contributed by atoms with Crippen LogP contribution >= 0.6 is 0 Å². The van der Waals surface area contributed by atoms with Crippen molar-refractivity contribution < 1.29 is 27.9 Å². The van der Waals surface area contributed by atoms with Gasteiger partial charge in [-0.3, -0.25) is 9.59 Å². The van der Waals surface area contributed by atoms with E-state index in [9.17, 15) is 23.1 Å². The topological polar surface area (TPSA) is 136 Å². The Kier molecular flexibility index (Phi) is 8.63. The third-order valence-corrected chi connectivity index (χ3v) is 5.65. The Bertz CT molecular complexity index is 1140. The first kappa shape index (κ1) is 25.9. The maximum Gasteiger partial charge on any atom is 0.310 e. The molecule has 0 saturated heterocycles. The number of nitrogens with one attached hydrogen (secondary N) is 1. The Morgan fingerprint density at radius 1 is 1.06 bits per heavy atom. The van der Waals surface area contributed by atoms with Gasteiger partial charge in [0.25, 0.3) is 5.91 Å². The summed E-state index contributed by atoms with van der Waals surface area (Å²) < 4.78 is 27.7. The summed E-state index contributed by atoms with van der Waals surface area (Å²) in [5.74, 6) is 4.14. The number of carboxylic acid groups (broad SMARTS) is 1. The lowest BCUT2D eigenvalue weighted by Crippen LogP contribution is -2.50. The zero-order chi connectivity index (χ0) is 24.6. The maximum atomic E-state index is 12.3. The van der Waals surface area contributed by atoms with Gasteiger partial charge in [0.1, 0.15) is 12.4 Å². The number of aliphatic carboxylic acids is 1. The van der Waals surface area contributed by atoms with Gasteiger partial charge in [-0.15, -0.1) is 0 Å². The third-order valence-electron chi connectivity index (χ3n) is 4.74. The zero-order valence-electron chi connectivity index (χ0n) is 18.8. The molecule has 2 aromatic carbocycles. The number of carbonyl (C=O) groups excluding carboxylic acids is 1. The molecule has 0 aromatic heterocycles. The minimum Gasteiger partial charge on any atom is -0.493 e. The van der Waals surface area contributed by atoms with Crippen LogP contribution in [0.5, 0.6) is 5.75 Å². The Hall–Kier alpha value is -3.35. The van der Waals surface area contributed by atoms with Crippen molar-refractivity contribution in [2.45, 2.75) is 19.4 Å². The third kappa shape index (κ3) is 8.96. The summed E-state index contributed by atoms with van der Waals surface area (Å²) in [6.45, 7) is 3.22. The standard InChI is InChI=1S/C24H28N2O6S/c1-24(2,25)21(23(28)29)16-26-22(27)19-10-6-17(7-11-19)4-5-18-8-12-20(13-9-18)32-14-15-33(3,30)31/h6-13,21H,14-16,25H2,1-3H3,(H,26,27)(H,28,29)/t21-/m1/s1. The molecule has 2 rings (SSSR count). The van der Waals surface area contributed by atoms with Crippen molar-refractivity contribution in [3.05, 3.63) is 65.2 Å². The predicted molar refractivity (Wildman–Crippen MR) is 126 cm³/mol. The minimum atomic E-state index is -3.07. The lowest BCUT2D eigenvalue weighted by molar-refractivity contribution is -0.143. The van der Waals surface area contributed by atoms with Crippen molar-refractivity contribution in [1.29, 1.82) is 0 Å². The number of ether oxygens (including phenoxy) is 1. The summed E-state index contributed by atoms with van der Waals surface area (Å²) in [7, 11) is -3.07. The summed E-state index contributed by atoms with van der Waals surface area (Å²) >= 11 is 0. The average molecular weight is 473 g/mol. The van der Waals surface area contributed by atoms with Gasteiger partial charge in [-0.1, -0.05) is 11.8 Å². The van der Waals surface area contributed by atoms with E-state index in [0.29, 0.717) is 16.9 Å². The van der Waals surface area contributed by atoms with Gasteiger partial charge in [-0.2, -0.15) is 0 Å². The highest BCUT2D eigenvalue weighted by Crippen LogP contribution is 2.14. The van der Waals surface area contributed by atoms with Gasteiger partial charge in [0, 0.05) is 35.0 Å². The molecule has 1 atom stereocenters. The first-order chi connectivity index (χ1) is 15.3. The van der Waals surface area contributed by atoms with Gasteiger partial charge in [0.15, 0.2) is 9.84 Å². The summed E-state index contributed by atoms with van der Waals surface area (Å²) in [4.78, 5) is 23.7. The molecule has 8 nitrogen and oxygen atoms in total. The molecule has 0 aliphatic carbocycles. The second kappa shape index (κ2) is 11.0. The highest BCUT2D eigenvalue weighted by atomic mass is 32.2. The van der Waals surface area contributed by atoms with E-state index in [1.807, 2.05) is 0 Å². The van der Waals surface area contributed by atoms with Crippen LogP contribution < -0.4 is 15.8 Å². The van der Waals surface area contributed by atoms with E-state index < -0.39 is 33.2 Å². The summed E-state index contributed by atoms with van der Waals surface area (Å²) in [6, 6.07) is 13.6. The molecule has 0 aliphatic rings. The molecule has 0 radical (unpaired) electrons. The summed E-state index contributed by atoms with van der Waals surface area (Å²) in [6.07, 6.45) is 1.16. The fourth-order valence-electron chi connectivity index (χ4n) is 2.76. The zero-order valence-corrected chi connectivity index (χ0v) is 19.6.